The summed E-state index contributed by atoms with van der Waals surface area (Å²) < 4.78 is 0. The number of halogens is 1. The number of amides is 1. The molecule has 0 aromatic heterocycles. The van der Waals surface area contributed by atoms with E-state index < -0.39 is 0 Å². The van der Waals surface area contributed by atoms with Crippen LogP contribution in [0.5, 0.6) is 0 Å². The number of piperidine rings is 1. The Morgan fingerprint density at radius 3 is 2.71 bits per heavy atom. The third-order valence-corrected chi connectivity index (χ3v) is 4.44. The number of carbonyl (C=O) groups is 1. The summed E-state index contributed by atoms with van der Waals surface area (Å²) in [4.78, 5) is 14.8. The lowest BCUT2D eigenvalue weighted by atomic mass is 9.96. The number of hydrogen-bond acceptors (Lipinski definition) is 3. The zero-order valence-corrected chi connectivity index (χ0v) is 13.5. The maximum absolute atomic E-state index is 12.3. The van der Waals surface area contributed by atoms with Gasteiger partial charge < -0.3 is 15.5 Å². The molecule has 0 bridgehead atoms. The van der Waals surface area contributed by atoms with Crippen molar-refractivity contribution in [1.29, 1.82) is 0 Å². The van der Waals surface area contributed by atoms with Gasteiger partial charge in [-0.3, -0.25) is 4.79 Å². The molecular formula is C16H24ClN3O. The van der Waals surface area contributed by atoms with Crippen LogP contribution < -0.4 is 10.6 Å². The quantitative estimate of drug-likeness (QED) is 0.879. The molecule has 1 aliphatic heterocycles. The third-order valence-electron chi connectivity index (χ3n) is 4.20. The van der Waals surface area contributed by atoms with Crippen LogP contribution in [-0.2, 0) is 0 Å². The van der Waals surface area contributed by atoms with Crippen LogP contribution in [-0.4, -0.2) is 44.0 Å². The van der Waals surface area contributed by atoms with Crippen LogP contribution >= 0.6 is 11.6 Å². The minimum atomic E-state index is -0.0558. The lowest BCUT2D eigenvalue weighted by molar-refractivity contribution is 0.0937. The second-order valence-corrected chi connectivity index (χ2v) is 5.96. The van der Waals surface area contributed by atoms with Gasteiger partial charge in [-0.1, -0.05) is 18.5 Å². The van der Waals surface area contributed by atoms with Gasteiger partial charge in [0.1, 0.15) is 0 Å². The highest BCUT2D eigenvalue weighted by atomic mass is 35.5. The molecule has 1 heterocycles. The summed E-state index contributed by atoms with van der Waals surface area (Å²) in [5, 5.41) is 6.66. The molecule has 0 spiro atoms. The number of hydrogen-bond donors (Lipinski definition) is 2. The van der Waals surface area contributed by atoms with E-state index in [2.05, 4.69) is 22.5 Å². The molecule has 4 nitrogen and oxygen atoms in total. The number of benzene rings is 1. The van der Waals surface area contributed by atoms with Gasteiger partial charge in [-0.15, -0.1) is 0 Å². The second kappa shape index (κ2) is 7.66. The molecule has 1 saturated heterocycles. The molecule has 2 rings (SSSR count). The average Bonchev–Trinajstić information content (AvgIpc) is 2.53. The predicted octanol–water partition coefficient (Wildman–Crippen LogP) is 2.84. The second-order valence-electron chi connectivity index (χ2n) is 5.53. The highest BCUT2D eigenvalue weighted by Crippen LogP contribution is 2.21. The van der Waals surface area contributed by atoms with Gasteiger partial charge in [0.15, 0.2) is 0 Å². The molecule has 1 fully saturated rings. The zero-order valence-electron chi connectivity index (χ0n) is 12.8. The van der Waals surface area contributed by atoms with E-state index in [1.54, 1.807) is 19.2 Å². The molecule has 0 radical (unpaired) electrons. The van der Waals surface area contributed by atoms with E-state index in [9.17, 15) is 4.79 Å². The zero-order chi connectivity index (χ0) is 15.2. The lowest BCUT2D eigenvalue weighted by Crippen LogP contribution is -2.38. The Labute approximate surface area is 131 Å². The van der Waals surface area contributed by atoms with Crippen molar-refractivity contribution in [3.63, 3.8) is 0 Å². The van der Waals surface area contributed by atoms with E-state index in [1.807, 2.05) is 6.07 Å². The van der Waals surface area contributed by atoms with E-state index in [0.29, 0.717) is 16.5 Å². The number of nitrogens with one attached hydrogen (secondary N) is 2. The van der Waals surface area contributed by atoms with E-state index in [0.717, 1.165) is 44.7 Å². The van der Waals surface area contributed by atoms with Gasteiger partial charge in [0.05, 0.1) is 5.56 Å². The topological polar surface area (TPSA) is 44.4 Å². The van der Waals surface area contributed by atoms with Crippen LogP contribution in [0.15, 0.2) is 18.2 Å². The molecule has 1 aromatic carbocycles. The highest BCUT2D eigenvalue weighted by molar-refractivity contribution is 6.31. The largest absolute Gasteiger partial charge is 0.387 e. The first-order chi connectivity index (χ1) is 10.1. The standard InChI is InChI=1S/C16H24ClN3O/c1-3-20-8-6-12(7-9-20)11-19-16(21)14-10-13(17)4-5-15(14)18-2/h4-5,10,12,18H,3,6-9,11H2,1-2H3,(H,19,21). The maximum Gasteiger partial charge on any atom is 0.253 e. The van der Waals surface area contributed by atoms with E-state index >= 15 is 0 Å². The summed E-state index contributed by atoms with van der Waals surface area (Å²) in [5.74, 6) is 0.522. The Morgan fingerprint density at radius 1 is 1.38 bits per heavy atom. The Bertz CT molecular complexity index is 484. The van der Waals surface area contributed by atoms with Crippen molar-refractivity contribution in [2.75, 3.05) is 38.5 Å². The molecule has 1 aromatic rings. The fourth-order valence-corrected chi connectivity index (χ4v) is 2.93. The minimum absolute atomic E-state index is 0.0558. The van der Waals surface area contributed by atoms with E-state index in [4.69, 9.17) is 11.6 Å². The number of nitrogens with zero attached hydrogens (tertiary/aromatic N) is 1. The number of rotatable bonds is 5. The van der Waals surface area contributed by atoms with Gasteiger partial charge in [0.25, 0.3) is 5.91 Å². The summed E-state index contributed by atoms with van der Waals surface area (Å²) in [6.45, 7) is 6.33. The molecular weight excluding hydrogens is 286 g/mol. The smallest absolute Gasteiger partial charge is 0.253 e. The Morgan fingerprint density at radius 2 is 2.10 bits per heavy atom. The lowest BCUT2D eigenvalue weighted by Gasteiger charge is -2.31. The molecule has 5 heteroatoms. The molecule has 0 unspecified atom stereocenters. The summed E-state index contributed by atoms with van der Waals surface area (Å²) in [7, 11) is 1.81. The molecule has 0 aliphatic carbocycles. The minimum Gasteiger partial charge on any atom is -0.387 e. The summed E-state index contributed by atoms with van der Waals surface area (Å²) in [6, 6.07) is 5.32. The molecule has 2 N–H and O–H groups in total. The SMILES string of the molecule is CCN1CCC(CNC(=O)c2cc(Cl)ccc2NC)CC1. The van der Waals surface area contributed by atoms with Crippen LogP contribution in [0.3, 0.4) is 0 Å². The van der Waals surface area contributed by atoms with Crippen molar-refractivity contribution in [2.45, 2.75) is 19.8 Å². The van der Waals surface area contributed by atoms with Crippen LogP contribution in [0, 0.1) is 5.92 Å². The van der Waals surface area contributed by atoms with Gasteiger partial charge in [0, 0.05) is 24.3 Å². The van der Waals surface area contributed by atoms with Gasteiger partial charge in [-0.25, -0.2) is 0 Å². The third kappa shape index (κ3) is 4.35. The van der Waals surface area contributed by atoms with Crippen molar-refractivity contribution in [1.82, 2.24) is 10.2 Å². The molecule has 0 saturated carbocycles. The van der Waals surface area contributed by atoms with Crippen LogP contribution in [0.25, 0.3) is 0 Å². The van der Waals surface area contributed by atoms with Crippen LogP contribution in [0.1, 0.15) is 30.1 Å². The Hall–Kier alpha value is -1.26. The van der Waals surface area contributed by atoms with Crippen molar-refractivity contribution in [2.24, 2.45) is 5.92 Å². The highest BCUT2D eigenvalue weighted by Gasteiger charge is 2.19. The number of anilines is 1. The molecule has 1 aliphatic rings. The van der Waals surface area contributed by atoms with Gasteiger partial charge in [0.2, 0.25) is 0 Å². The van der Waals surface area contributed by atoms with Crippen molar-refractivity contribution >= 4 is 23.2 Å². The van der Waals surface area contributed by atoms with Crippen molar-refractivity contribution in [3.8, 4) is 0 Å². The number of likely N-dealkylation sites (tertiary alicyclic amines) is 1. The molecule has 21 heavy (non-hydrogen) atoms. The first-order valence-electron chi connectivity index (χ1n) is 7.62. The fourth-order valence-electron chi connectivity index (χ4n) is 2.76. The average molecular weight is 310 g/mol. The Balaban J connectivity index is 1.89. The normalized spacial score (nSPS) is 16.7. The van der Waals surface area contributed by atoms with E-state index in [-0.39, 0.29) is 5.91 Å². The maximum atomic E-state index is 12.3. The molecule has 1 amide bonds. The van der Waals surface area contributed by atoms with Gasteiger partial charge in [-0.2, -0.15) is 0 Å². The van der Waals surface area contributed by atoms with Gasteiger partial charge in [-0.05, 0) is 56.6 Å². The van der Waals surface area contributed by atoms with E-state index in [1.165, 1.54) is 0 Å². The van der Waals surface area contributed by atoms with Crippen molar-refractivity contribution < 1.29 is 4.79 Å². The predicted molar refractivity (Wildman–Crippen MR) is 88.2 cm³/mol. The number of carbonyl (C=O) groups excluding carboxylic acids is 1. The summed E-state index contributed by atoms with van der Waals surface area (Å²) in [5.41, 5.74) is 1.41. The fraction of sp³-hybridized carbons (Fsp3) is 0.562. The Kier molecular flexibility index (Phi) is 5.88. The van der Waals surface area contributed by atoms with Crippen molar-refractivity contribution in [3.05, 3.63) is 28.8 Å². The van der Waals surface area contributed by atoms with Crippen LogP contribution in [0.4, 0.5) is 5.69 Å². The first-order valence-corrected chi connectivity index (χ1v) is 7.99. The molecule has 0 atom stereocenters. The van der Waals surface area contributed by atoms with Crippen LogP contribution in [0.2, 0.25) is 5.02 Å². The first kappa shape index (κ1) is 16.1. The monoisotopic (exact) mass is 309 g/mol. The van der Waals surface area contributed by atoms with Gasteiger partial charge >= 0.3 is 0 Å². The molecule has 116 valence electrons. The summed E-state index contributed by atoms with van der Waals surface area (Å²) in [6.07, 6.45) is 2.31. The summed E-state index contributed by atoms with van der Waals surface area (Å²) >= 11 is 5.99.